The Balaban J connectivity index is 2.35. The summed E-state index contributed by atoms with van der Waals surface area (Å²) < 4.78 is 0. The molecule has 0 radical (unpaired) electrons. The Labute approximate surface area is 73.2 Å². The van der Waals surface area contributed by atoms with Gasteiger partial charge in [0.2, 0.25) is 0 Å². The van der Waals surface area contributed by atoms with E-state index in [1.165, 1.54) is 16.8 Å². The summed E-state index contributed by atoms with van der Waals surface area (Å²) in [5.74, 6) is 0. The van der Waals surface area contributed by atoms with Gasteiger partial charge in [0.05, 0.1) is 0 Å². The third-order valence-electron chi connectivity index (χ3n) is 2.38. The number of aryl methyl sites for hydroxylation is 1. The van der Waals surface area contributed by atoms with Gasteiger partial charge in [-0.2, -0.15) is 0 Å². The minimum Gasteiger partial charge on any atom is -0.298 e. The summed E-state index contributed by atoms with van der Waals surface area (Å²) >= 11 is 0. The van der Waals surface area contributed by atoms with Gasteiger partial charge in [0.25, 0.3) is 0 Å². The normalized spacial score (nSPS) is 16.5. The maximum absolute atomic E-state index is 4.38. The number of pyridine rings is 1. The van der Waals surface area contributed by atoms with Crippen molar-refractivity contribution in [1.29, 1.82) is 0 Å². The van der Waals surface area contributed by atoms with Crippen molar-refractivity contribution >= 4 is 0 Å². The van der Waals surface area contributed by atoms with Crippen molar-refractivity contribution in [3.63, 3.8) is 0 Å². The Morgan fingerprint density at radius 2 is 2.17 bits per heavy atom. The highest BCUT2D eigenvalue weighted by Gasteiger charge is 2.15. The van der Waals surface area contributed by atoms with Crippen molar-refractivity contribution in [3.05, 3.63) is 29.1 Å². The van der Waals surface area contributed by atoms with E-state index in [2.05, 4.69) is 29.9 Å². The minimum absolute atomic E-state index is 1.04. The topological polar surface area (TPSA) is 16.1 Å². The van der Waals surface area contributed by atoms with Gasteiger partial charge in [-0.05, 0) is 30.7 Å². The molecule has 0 spiro atoms. The number of hydrogen-bond acceptors (Lipinski definition) is 2. The van der Waals surface area contributed by atoms with Crippen LogP contribution in [-0.4, -0.2) is 16.9 Å². The second-order valence-electron chi connectivity index (χ2n) is 3.47. The number of rotatable bonds is 1. The summed E-state index contributed by atoms with van der Waals surface area (Å²) in [5, 5.41) is 0. The molecule has 0 atom stereocenters. The van der Waals surface area contributed by atoms with Crippen molar-refractivity contribution in [2.75, 3.05) is 7.05 Å². The first-order valence-electron chi connectivity index (χ1n) is 4.45. The van der Waals surface area contributed by atoms with E-state index in [-0.39, 0.29) is 0 Å². The van der Waals surface area contributed by atoms with Crippen LogP contribution in [0.3, 0.4) is 0 Å². The summed E-state index contributed by atoms with van der Waals surface area (Å²) in [6.45, 7) is 4.30. The molecule has 2 nitrogen and oxygen atoms in total. The lowest BCUT2D eigenvalue weighted by Crippen LogP contribution is -2.07. The number of nitrogens with zero attached hydrogens (tertiary/aromatic N) is 2. The van der Waals surface area contributed by atoms with E-state index in [0.717, 1.165) is 19.5 Å². The minimum atomic E-state index is 1.04. The first kappa shape index (κ1) is 7.74. The molecule has 64 valence electrons. The molecule has 12 heavy (non-hydrogen) atoms. The van der Waals surface area contributed by atoms with Crippen molar-refractivity contribution in [2.45, 2.75) is 26.4 Å². The van der Waals surface area contributed by atoms with Crippen molar-refractivity contribution in [2.24, 2.45) is 0 Å². The van der Waals surface area contributed by atoms with Crippen LogP contribution in [0.5, 0.6) is 0 Å². The van der Waals surface area contributed by atoms with Crippen LogP contribution in [0.2, 0.25) is 0 Å². The lowest BCUT2D eigenvalue weighted by molar-refractivity contribution is 0.353. The highest BCUT2D eigenvalue weighted by atomic mass is 15.1. The molecule has 1 aromatic rings. The van der Waals surface area contributed by atoms with Gasteiger partial charge in [0.1, 0.15) is 0 Å². The van der Waals surface area contributed by atoms with E-state index in [9.17, 15) is 0 Å². The molecule has 0 saturated heterocycles. The van der Waals surface area contributed by atoms with Gasteiger partial charge < -0.3 is 0 Å². The van der Waals surface area contributed by atoms with Gasteiger partial charge in [-0.1, -0.05) is 6.92 Å². The van der Waals surface area contributed by atoms with Crippen LogP contribution in [0, 0.1) is 0 Å². The second-order valence-corrected chi connectivity index (χ2v) is 3.47. The lowest BCUT2D eigenvalue weighted by Gasteiger charge is -2.02. The monoisotopic (exact) mass is 162 g/mol. The zero-order chi connectivity index (χ0) is 8.55. The SMILES string of the molecule is CCc1cc2c(cn1)CN(C)C2. The van der Waals surface area contributed by atoms with Crippen molar-refractivity contribution in [3.8, 4) is 0 Å². The molecule has 0 aliphatic carbocycles. The Bertz CT molecular complexity index is 294. The Kier molecular flexibility index (Phi) is 1.85. The van der Waals surface area contributed by atoms with Crippen LogP contribution in [0.1, 0.15) is 23.7 Å². The van der Waals surface area contributed by atoms with Gasteiger partial charge in [0.15, 0.2) is 0 Å². The summed E-state index contributed by atoms with van der Waals surface area (Å²) in [4.78, 5) is 6.69. The van der Waals surface area contributed by atoms with E-state index in [4.69, 9.17) is 0 Å². The van der Waals surface area contributed by atoms with E-state index in [1.807, 2.05) is 6.20 Å². The Morgan fingerprint density at radius 1 is 1.42 bits per heavy atom. The van der Waals surface area contributed by atoms with E-state index >= 15 is 0 Å². The molecule has 0 aromatic carbocycles. The van der Waals surface area contributed by atoms with Crippen LogP contribution >= 0.6 is 0 Å². The molecule has 0 saturated carbocycles. The summed E-state index contributed by atoms with van der Waals surface area (Å²) in [7, 11) is 2.14. The van der Waals surface area contributed by atoms with Crippen LogP contribution in [-0.2, 0) is 19.5 Å². The average molecular weight is 162 g/mol. The molecule has 2 rings (SSSR count). The van der Waals surface area contributed by atoms with Crippen molar-refractivity contribution in [1.82, 2.24) is 9.88 Å². The molecular formula is C10H14N2. The summed E-state index contributed by atoms with van der Waals surface area (Å²) in [6.07, 6.45) is 3.06. The molecule has 2 heteroatoms. The van der Waals surface area contributed by atoms with Gasteiger partial charge in [-0.15, -0.1) is 0 Å². The smallest absolute Gasteiger partial charge is 0.0404 e. The molecule has 0 amide bonds. The molecule has 0 bridgehead atoms. The van der Waals surface area contributed by atoms with Crippen molar-refractivity contribution < 1.29 is 0 Å². The molecule has 1 aliphatic rings. The predicted molar refractivity (Wildman–Crippen MR) is 48.8 cm³/mol. The molecule has 0 fully saturated rings. The fraction of sp³-hybridized carbons (Fsp3) is 0.500. The predicted octanol–water partition coefficient (Wildman–Crippen LogP) is 1.59. The summed E-state index contributed by atoms with van der Waals surface area (Å²) in [6, 6.07) is 2.23. The largest absolute Gasteiger partial charge is 0.298 e. The van der Waals surface area contributed by atoms with E-state index in [1.54, 1.807) is 0 Å². The van der Waals surface area contributed by atoms with Crippen LogP contribution < -0.4 is 0 Å². The third kappa shape index (κ3) is 1.23. The average Bonchev–Trinajstić information content (AvgIpc) is 2.43. The van der Waals surface area contributed by atoms with E-state index in [0.29, 0.717) is 0 Å². The number of hydrogen-bond donors (Lipinski definition) is 0. The quantitative estimate of drug-likeness (QED) is 0.623. The maximum atomic E-state index is 4.38. The van der Waals surface area contributed by atoms with Gasteiger partial charge >= 0.3 is 0 Å². The van der Waals surface area contributed by atoms with Gasteiger partial charge in [-0.25, -0.2) is 0 Å². The molecule has 0 unspecified atom stereocenters. The molecule has 1 aliphatic heterocycles. The van der Waals surface area contributed by atoms with E-state index < -0.39 is 0 Å². The Hall–Kier alpha value is -0.890. The zero-order valence-corrected chi connectivity index (χ0v) is 7.67. The molecule has 2 heterocycles. The zero-order valence-electron chi connectivity index (χ0n) is 7.67. The highest BCUT2D eigenvalue weighted by Crippen LogP contribution is 2.20. The van der Waals surface area contributed by atoms with Gasteiger partial charge in [0, 0.05) is 25.0 Å². The molecule has 0 N–H and O–H groups in total. The molecule has 1 aromatic heterocycles. The lowest BCUT2D eigenvalue weighted by atomic mass is 10.1. The van der Waals surface area contributed by atoms with Crippen LogP contribution in [0.4, 0.5) is 0 Å². The maximum Gasteiger partial charge on any atom is 0.0404 e. The van der Waals surface area contributed by atoms with Gasteiger partial charge in [-0.3, -0.25) is 9.88 Å². The second kappa shape index (κ2) is 2.87. The highest BCUT2D eigenvalue weighted by molar-refractivity contribution is 5.29. The summed E-state index contributed by atoms with van der Waals surface area (Å²) in [5.41, 5.74) is 4.07. The fourth-order valence-corrected chi connectivity index (χ4v) is 1.70. The van der Waals surface area contributed by atoms with Crippen LogP contribution in [0.25, 0.3) is 0 Å². The number of fused-ring (bicyclic) bond motifs is 1. The fourth-order valence-electron chi connectivity index (χ4n) is 1.70. The first-order valence-corrected chi connectivity index (χ1v) is 4.45. The Morgan fingerprint density at radius 3 is 2.92 bits per heavy atom. The molecular weight excluding hydrogens is 148 g/mol. The van der Waals surface area contributed by atoms with Crippen LogP contribution in [0.15, 0.2) is 12.3 Å². The number of aromatic nitrogens is 1. The first-order chi connectivity index (χ1) is 5.79. The standard InChI is InChI=1S/C10H14N2/c1-3-10-4-8-6-12(2)7-9(8)5-11-10/h4-5H,3,6-7H2,1-2H3. The third-order valence-corrected chi connectivity index (χ3v) is 2.38.